The third-order valence-electron chi connectivity index (χ3n) is 4.10. The van der Waals surface area contributed by atoms with Gasteiger partial charge < -0.3 is 15.8 Å². The highest BCUT2D eigenvalue weighted by molar-refractivity contribution is 5.98. The maximum atomic E-state index is 12.2. The van der Waals surface area contributed by atoms with Gasteiger partial charge in [0.2, 0.25) is 0 Å². The van der Waals surface area contributed by atoms with E-state index < -0.39 is 0 Å². The molecule has 1 aromatic heterocycles. The molecule has 1 amide bonds. The van der Waals surface area contributed by atoms with Crippen molar-refractivity contribution >= 4 is 11.7 Å². The second kappa shape index (κ2) is 6.19. The Morgan fingerprint density at radius 2 is 2.23 bits per heavy atom. The van der Waals surface area contributed by atoms with Crippen LogP contribution in [-0.4, -0.2) is 28.8 Å². The smallest absolute Gasteiger partial charge is 0.256 e. The van der Waals surface area contributed by atoms with Crippen LogP contribution in [0.5, 0.6) is 0 Å². The summed E-state index contributed by atoms with van der Waals surface area (Å²) in [5, 5.41) is 6.93. The van der Waals surface area contributed by atoms with Gasteiger partial charge in [-0.3, -0.25) is 9.48 Å². The maximum Gasteiger partial charge on any atom is 0.256 e. The summed E-state index contributed by atoms with van der Waals surface area (Å²) in [6.45, 7) is 1.28. The van der Waals surface area contributed by atoms with Gasteiger partial charge in [-0.25, -0.2) is 0 Å². The molecule has 1 aliphatic rings. The van der Waals surface area contributed by atoms with E-state index in [0.29, 0.717) is 17.9 Å². The van der Waals surface area contributed by atoms with Crippen LogP contribution in [0.2, 0.25) is 0 Å². The Balaban J connectivity index is 1.63. The average Bonchev–Trinajstić information content (AvgIpc) is 3.14. The fourth-order valence-electron chi connectivity index (χ4n) is 2.80. The zero-order valence-corrected chi connectivity index (χ0v) is 12.5. The molecule has 6 heteroatoms. The first kappa shape index (κ1) is 14.6. The van der Waals surface area contributed by atoms with Gasteiger partial charge in [-0.15, -0.1) is 0 Å². The number of hydrogen-bond donors (Lipinski definition) is 2. The van der Waals surface area contributed by atoms with E-state index in [1.165, 1.54) is 10.9 Å². The maximum absolute atomic E-state index is 12.2. The van der Waals surface area contributed by atoms with E-state index in [2.05, 4.69) is 22.5 Å². The zero-order chi connectivity index (χ0) is 15.5. The highest BCUT2D eigenvalue weighted by Crippen LogP contribution is 2.33. The molecule has 0 radical (unpaired) electrons. The number of ether oxygens (including phenoxy) is 1. The van der Waals surface area contributed by atoms with Gasteiger partial charge in [-0.05, 0) is 12.0 Å². The third-order valence-corrected chi connectivity index (χ3v) is 4.10. The van der Waals surface area contributed by atoms with Gasteiger partial charge in [0, 0.05) is 26.1 Å². The Morgan fingerprint density at radius 1 is 1.45 bits per heavy atom. The van der Waals surface area contributed by atoms with Crippen molar-refractivity contribution in [3.05, 3.63) is 47.7 Å². The molecule has 0 unspecified atom stereocenters. The number of anilines is 1. The van der Waals surface area contributed by atoms with Gasteiger partial charge in [0.25, 0.3) is 5.91 Å². The number of hydrogen-bond acceptors (Lipinski definition) is 4. The van der Waals surface area contributed by atoms with E-state index >= 15 is 0 Å². The highest BCUT2D eigenvalue weighted by atomic mass is 16.5. The summed E-state index contributed by atoms with van der Waals surface area (Å²) in [7, 11) is 1.71. The number of nitrogen functional groups attached to an aromatic ring is 1. The van der Waals surface area contributed by atoms with Crippen LogP contribution < -0.4 is 11.1 Å². The minimum atomic E-state index is -0.190. The summed E-state index contributed by atoms with van der Waals surface area (Å²) in [6.07, 6.45) is 2.46. The summed E-state index contributed by atoms with van der Waals surface area (Å²) >= 11 is 0. The second-order valence-electron chi connectivity index (χ2n) is 5.53. The summed E-state index contributed by atoms with van der Waals surface area (Å²) in [6, 6.07) is 10.1. The normalized spacial score (nSPS) is 21.0. The summed E-state index contributed by atoms with van der Waals surface area (Å²) in [5.41, 5.74) is 7.39. The molecule has 0 saturated carbocycles. The number of amides is 1. The molecule has 2 atom stereocenters. The van der Waals surface area contributed by atoms with Crippen molar-refractivity contribution in [2.24, 2.45) is 13.0 Å². The van der Waals surface area contributed by atoms with E-state index in [0.717, 1.165) is 18.6 Å². The first-order valence-electron chi connectivity index (χ1n) is 7.39. The van der Waals surface area contributed by atoms with E-state index in [4.69, 9.17) is 10.5 Å². The second-order valence-corrected chi connectivity index (χ2v) is 5.53. The summed E-state index contributed by atoms with van der Waals surface area (Å²) in [5.74, 6) is 0.452. The first-order chi connectivity index (χ1) is 10.7. The fourth-order valence-corrected chi connectivity index (χ4v) is 2.80. The molecule has 22 heavy (non-hydrogen) atoms. The minimum absolute atomic E-state index is 0.0349. The van der Waals surface area contributed by atoms with Crippen molar-refractivity contribution in [3.63, 3.8) is 0 Å². The molecule has 1 aromatic carbocycles. The lowest BCUT2D eigenvalue weighted by molar-refractivity contribution is 0.0846. The number of nitrogens with one attached hydrogen (secondary N) is 1. The molecule has 1 fully saturated rings. The molecule has 0 spiro atoms. The van der Waals surface area contributed by atoms with Crippen molar-refractivity contribution in [1.82, 2.24) is 15.1 Å². The highest BCUT2D eigenvalue weighted by Gasteiger charge is 2.30. The van der Waals surface area contributed by atoms with Crippen molar-refractivity contribution in [2.75, 3.05) is 18.9 Å². The minimum Gasteiger partial charge on any atom is -0.383 e. The van der Waals surface area contributed by atoms with Gasteiger partial charge in [-0.2, -0.15) is 5.10 Å². The monoisotopic (exact) mass is 300 g/mol. The molecule has 2 heterocycles. The molecule has 0 bridgehead atoms. The van der Waals surface area contributed by atoms with Crippen LogP contribution in [0, 0.1) is 5.92 Å². The SMILES string of the molecule is Cn1ncc(C(=O)NC[C@H]2CCO[C@@H]2c2ccccc2)c1N. The molecular weight excluding hydrogens is 280 g/mol. The molecule has 3 N–H and O–H groups in total. The van der Waals surface area contributed by atoms with Gasteiger partial charge in [-0.1, -0.05) is 30.3 Å². The lowest BCUT2D eigenvalue weighted by atomic mass is 9.95. The Hall–Kier alpha value is -2.34. The van der Waals surface area contributed by atoms with Gasteiger partial charge in [0.05, 0.1) is 12.3 Å². The molecular formula is C16H20N4O2. The van der Waals surface area contributed by atoms with Crippen molar-refractivity contribution in [1.29, 1.82) is 0 Å². The van der Waals surface area contributed by atoms with Crippen LogP contribution in [0.3, 0.4) is 0 Å². The third kappa shape index (κ3) is 2.82. The number of rotatable bonds is 4. The number of nitrogens with two attached hydrogens (primary N) is 1. The van der Waals surface area contributed by atoms with Crippen molar-refractivity contribution < 1.29 is 9.53 Å². The number of aromatic nitrogens is 2. The number of carbonyl (C=O) groups excluding carboxylic acids is 1. The predicted molar refractivity (Wildman–Crippen MR) is 83.2 cm³/mol. The van der Waals surface area contributed by atoms with Gasteiger partial charge in [0.1, 0.15) is 11.4 Å². The van der Waals surface area contributed by atoms with E-state index in [1.807, 2.05) is 18.2 Å². The molecule has 0 aliphatic carbocycles. The molecule has 3 rings (SSSR count). The molecule has 116 valence electrons. The lowest BCUT2D eigenvalue weighted by Crippen LogP contribution is -2.30. The summed E-state index contributed by atoms with van der Waals surface area (Å²) in [4.78, 5) is 12.2. The number of nitrogens with zero attached hydrogens (tertiary/aromatic N) is 2. The van der Waals surface area contributed by atoms with Gasteiger partial charge >= 0.3 is 0 Å². The largest absolute Gasteiger partial charge is 0.383 e. The molecule has 1 saturated heterocycles. The Morgan fingerprint density at radius 3 is 2.91 bits per heavy atom. The Bertz CT molecular complexity index is 653. The van der Waals surface area contributed by atoms with Gasteiger partial charge in [0.15, 0.2) is 0 Å². The van der Waals surface area contributed by atoms with Crippen LogP contribution >= 0.6 is 0 Å². The number of benzene rings is 1. The van der Waals surface area contributed by atoms with E-state index in [9.17, 15) is 4.79 Å². The van der Waals surface area contributed by atoms with Crippen LogP contribution in [0.15, 0.2) is 36.5 Å². The molecule has 2 aromatic rings. The Kier molecular flexibility index (Phi) is 4.11. The first-order valence-corrected chi connectivity index (χ1v) is 7.39. The van der Waals surface area contributed by atoms with Crippen molar-refractivity contribution in [2.45, 2.75) is 12.5 Å². The predicted octanol–water partition coefficient (Wildman–Crippen LogP) is 1.51. The quantitative estimate of drug-likeness (QED) is 0.896. The number of carbonyl (C=O) groups is 1. The standard InChI is InChI=1S/C16H20N4O2/c1-20-15(17)13(10-19-20)16(21)18-9-12-7-8-22-14(12)11-5-3-2-4-6-11/h2-6,10,12,14H,7-9,17H2,1H3,(H,18,21)/t12-,14-/m1/s1. The van der Waals surface area contributed by atoms with Crippen LogP contribution in [0.4, 0.5) is 5.82 Å². The molecule has 1 aliphatic heterocycles. The van der Waals surface area contributed by atoms with Crippen LogP contribution in [-0.2, 0) is 11.8 Å². The van der Waals surface area contributed by atoms with Crippen molar-refractivity contribution in [3.8, 4) is 0 Å². The lowest BCUT2D eigenvalue weighted by Gasteiger charge is -2.19. The zero-order valence-electron chi connectivity index (χ0n) is 12.5. The Labute approximate surface area is 129 Å². The fraction of sp³-hybridized carbons (Fsp3) is 0.375. The summed E-state index contributed by atoms with van der Waals surface area (Å²) < 4.78 is 7.31. The topological polar surface area (TPSA) is 82.2 Å². The number of aryl methyl sites for hydroxylation is 1. The van der Waals surface area contributed by atoms with E-state index in [-0.39, 0.29) is 17.9 Å². The van der Waals surface area contributed by atoms with E-state index in [1.54, 1.807) is 7.05 Å². The van der Waals surface area contributed by atoms with Crippen LogP contribution in [0.1, 0.15) is 28.4 Å². The average molecular weight is 300 g/mol. The molecule has 6 nitrogen and oxygen atoms in total. The van der Waals surface area contributed by atoms with Crippen LogP contribution in [0.25, 0.3) is 0 Å².